The zero-order chi connectivity index (χ0) is 34.7. The summed E-state index contributed by atoms with van der Waals surface area (Å²) in [5.41, 5.74) is 5.32. The Morgan fingerprint density at radius 3 is 1.81 bits per heavy atom. The minimum atomic E-state index is -4.38. The Bertz CT molecular complexity index is 960. The number of ether oxygens (including phenoxy) is 2. The lowest BCUT2D eigenvalue weighted by Crippen LogP contribution is -2.29. The molecule has 270 valence electrons. The van der Waals surface area contributed by atoms with Crippen LogP contribution in [0.3, 0.4) is 0 Å². The molecule has 0 saturated heterocycles. The lowest BCUT2D eigenvalue weighted by Gasteiger charge is -2.19. The van der Waals surface area contributed by atoms with Crippen LogP contribution in [0.25, 0.3) is 0 Å². The van der Waals surface area contributed by atoms with Crippen molar-refractivity contribution in [3.8, 4) is 0 Å². The normalized spacial score (nSPS) is 14.2. The van der Waals surface area contributed by atoms with Gasteiger partial charge in [-0.15, -0.1) is 0 Å². The Morgan fingerprint density at radius 2 is 1.17 bits per heavy atom. The number of allylic oxidation sites excluding steroid dienone is 10. The van der Waals surface area contributed by atoms with Crippen LogP contribution >= 0.6 is 7.82 Å². The van der Waals surface area contributed by atoms with Gasteiger partial charge in [0.05, 0.1) is 13.2 Å². The fraction of sp³-hybridized carbons (Fsp3) is 0.676. The van der Waals surface area contributed by atoms with Gasteiger partial charge in [0.25, 0.3) is 0 Å². The first kappa shape index (κ1) is 44.7. The summed E-state index contributed by atoms with van der Waals surface area (Å²) in [4.78, 5) is 34.6. The van der Waals surface area contributed by atoms with Crippen molar-refractivity contribution in [2.45, 2.75) is 136 Å². The molecule has 0 aromatic rings. The van der Waals surface area contributed by atoms with Gasteiger partial charge in [0, 0.05) is 19.4 Å². The fourth-order valence-corrected chi connectivity index (χ4v) is 5.02. The highest BCUT2D eigenvalue weighted by molar-refractivity contribution is 7.47. The molecule has 0 aromatic carbocycles. The molecule has 0 saturated carbocycles. The second-order valence-corrected chi connectivity index (χ2v) is 12.8. The smallest absolute Gasteiger partial charge is 0.462 e. The summed E-state index contributed by atoms with van der Waals surface area (Å²) in [6, 6.07) is 0. The van der Waals surface area contributed by atoms with E-state index in [2.05, 4.69) is 74.6 Å². The molecule has 0 heterocycles. The first-order valence-electron chi connectivity index (χ1n) is 17.8. The van der Waals surface area contributed by atoms with E-state index in [4.69, 9.17) is 24.3 Å². The lowest BCUT2D eigenvalue weighted by atomic mass is 10.1. The summed E-state index contributed by atoms with van der Waals surface area (Å²) >= 11 is 0. The maximum Gasteiger partial charge on any atom is 0.472 e. The van der Waals surface area contributed by atoms with E-state index in [0.29, 0.717) is 12.8 Å². The Hall–Kier alpha value is -2.29. The van der Waals surface area contributed by atoms with Gasteiger partial charge in [-0.2, -0.15) is 0 Å². The third kappa shape index (κ3) is 33.4. The minimum Gasteiger partial charge on any atom is -0.462 e. The number of rotatable bonds is 32. The van der Waals surface area contributed by atoms with Gasteiger partial charge >= 0.3 is 19.8 Å². The number of nitrogens with two attached hydrogens (primary N) is 1. The lowest BCUT2D eigenvalue weighted by molar-refractivity contribution is -0.161. The van der Waals surface area contributed by atoms with Crippen LogP contribution in [0.2, 0.25) is 0 Å². The number of phosphoric ester groups is 1. The molecule has 47 heavy (non-hydrogen) atoms. The molecule has 3 N–H and O–H groups in total. The first-order chi connectivity index (χ1) is 22.8. The summed E-state index contributed by atoms with van der Waals surface area (Å²) in [6.07, 6.45) is 36.9. The van der Waals surface area contributed by atoms with E-state index < -0.39 is 32.5 Å². The van der Waals surface area contributed by atoms with Crippen LogP contribution in [0.5, 0.6) is 0 Å². The first-order valence-corrected chi connectivity index (χ1v) is 19.3. The molecule has 0 aliphatic heterocycles. The summed E-state index contributed by atoms with van der Waals surface area (Å²) in [5, 5.41) is 0. The van der Waals surface area contributed by atoms with Crippen molar-refractivity contribution in [3.05, 3.63) is 60.8 Å². The predicted molar refractivity (Wildman–Crippen MR) is 192 cm³/mol. The molecule has 0 aliphatic rings. The highest BCUT2D eigenvalue weighted by Crippen LogP contribution is 2.43. The average Bonchev–Trinajstić information content (AvgIpc) is 3.05. The van der Waals surface area contributed by atoms with Gasteiger partial charge in [0.2, 0.25) is 0 Å². The van der Waals surface area contributed by atoms with Gasteiger partial charge in [-0.3, -0.25) is 18.6 Å². The Morgan fingerprint density at radius 1 is 0.660 bits per heavy atom. The standard InChI is InChI=1S/C37H64NO8P/c1-3-5-7-9-11-13-15-16-17-18-20-21-23-25-27-29-36(39)43-33-35(34-45-47(41,42)44-32-31-38)46-37(40)30-28-26-24-22-19-14-12-10-8-6-4-2/h5,7,10-13,16-17,20-21,35H,3-4,6,8-9,14-15,18-19,22-34,38H2,1-2H3,(H,41,42)/t35-/m1/s1. The van der Waals surface area contributed by atoms with E-state index in [1.165, 1.54) is 12.8 Å². The highest BCUT2D eigenvalue weighted by atomic mass is 31.2. The minimum absolute atomic E-state index is 0.0435. The van der Waals surface area contributed by atoms with Crippen LogP contribution in [0, 0.1) is 0 Å². The van der Waals surface area contributed by atoms with Crippen LogP contribution in [0.4, 0.5) is 0 Å². The van der Waals surface area contributed by atoms with Crippen LogP contribution in [0.15, 0.2) is 60.8 Å². The van der Waals surface area contributed by atoms with E-state index in [-0.39, 0.29) is 32.6 Å². The number of carbonyl (C=O) groups excluding carboxylic acids is 2. The van der Waals surface area contributed by atoms with Crippen LogP contribution in [-0.4, -0.2) is 49.3 Å². The SMILES string of the molecule is CCC=CCC=CCC=CCC=CCCCCC(=O)OC[C@H](COP(=O)(O)OCCN)OC(=O)CCCCCCCC=CCCCC. The number of esters is 2. The van der Waals surface area contributed by atoms with Crippen molar-refractivity contribution in [2.75, 3.05) is 26.4 Å². The van der Waals surface area contributed by atoms with E-state index in [1.54, 1.807) is 0 Å². The second-order valence-electron chi connectivity index (χ2n) is 11.3. The third-order valence-corrected chi connectivity index (χ3v) is 7.87. The molecule has 0 spiro atoms. The van der Waals surface area contributed by atoms with E-state index in [9.17, 15) is 19.0 Å². The van der Waals surface area contributed by atoms with Gasteiger partial charge in [-0.1, -0.05) is 107 Å². The summed E-state index contributed by atoms with van der Waals surface area (Å²) < 4.78 is 32.5. The second kappa shape index (κ2) is 33.6. The molecule has 0 fully saturated rings. The van der Waals surface area contributed by atoms with Crippen molar-refractivity contribution < 1.29 is 37.6 Å². The van der Waals surface area contributed by atoms with E-state index >= 15 is 0 Å². The van der Waals surface area contributed by atoms with Gasteiger partial charge < -0.3 is 20.1 Å². The zero-order valence-electron chi connectivity index (χ0n) is 29.2. The van der Waals surface area contributed by atoms with Crippen molar-refractivity contribution >= 4 is 19.8 Å². The topological polar surface area (TPSA) is 134 Å². The van der Waals surface area contributed by atoms with Gasteiger partial charge in [-0.25, -0.2) is 4.57 Å². The Balaban J connectivity index is 4.36. The predicted octanol–water partition coefficient (Wildman–Crippen LogP) is 9.38. The molecule has 10 heteroatoms. The van der Waals surface area contributed by atoms with Gasteiger partial charge in [-0.05, 0) is 70.6 Å². The van der Waals surface area contributed by atoms with E-state index in [0.717, 1.165) is 77.0 Å². The summed E-state index contributed by atoms with van der Waals surface area (Å²) in [6.45, 7) is 3.48. The van der Waals surface area contributed by atoms with Crippen molar-refractivity contribution in [3.63, 3.8) is 0 Å². The Labute approximate surface area is 285 Å². The molecular formula is C37H64NO8P. The molecule has 1 unspecified atom stereocenters. The molecule has 0 aliphatic carbocycles. The van der Waals surface area contributed by atoms with Crippen LogP contribution in [0.1, 0.15) is 129 Å². The van der Waals surface area contributed by atoms with Gasteiger partial charge in [0.1, 0.15) is 6.61 Å². The molecule has 2 atom stereocenters. The quantitative estimate of drug-likeness (QED) is 0.0308. The highest BCUT2D eigenvalue weighted by Gasteiger charge is 2.25. The molecular weight excluding hydrogens is 617 g/mol. The molecule has 0 rings (SSSR count). The maximum atomic E-state index is 12.5. The Kier molecular flexibility index (Phi) is 32.0. The molecule has 0 bridgehead atoms. The molecule has 0 aromatic heterocycles. The number of phosphoric acid groups is 1. The van der Waals surface area contributed by atoms with Crippen molar-refractivity contribution in [1.82, 2.24) is 0 Å². The van der Waals surface area contributed by atoms with E-state index in [1.807, 2.05) is 0 Å². The summed E-state index contributed by atoms with van der Waals surface area (Å²) in [5.74, 6) is -0.898. The largest absolute Gasteiger partial charge is 0.472 e. The number of unbranched alkanes of at least 4 members (excludes halogenated alkanes) is 9. The van der Waals surface area contributed by atoms with Crippen LogP contribution < -0.4 is 5.73 Å². The number of hydrogen-bond acceptors (Lipinski definition) is 8. The zero-order valence-corrected chi connectivity index (χ0v) is 30.1. The third-order valence-electron chi connectivity index (χ3n) is 6.89. The average molecular weight is 682 g/mol. The molecule has 0 amide bonds. The molecule has 0 radical (unpaired) electrons. The maximum absolute atomic E-state index is 12.5. The number of hydrogen-bond donors (Lipinski definition) is 2. The number of carbonyl (C=O) groups is 2. The van der Waals surface area contributed by atoms with Crippen LogP contribution in [-0.2, 0) is 32.7 Å². The monoisotopic (exact) mass is 681 g/mol. The molecule has 9 nitrogen and oxygen atoms in total. The summed E-state index contributed by atoms with van der Waals surface area (Å²) in [7, 11) is -4.38. The van der Waals surface area contributed by atoms with Gasteiger partial charge in [0.15, 0.2) is 6.10 Å². The fourth-order valence-electron chi connectivity index (χ4n) is 4.25. The van der Waals surface area contributed by atoms with Crippen molar-refractivity contribution in [2.24, 2.45) is 5.73 Å². The van der Waals surface area contributed by atoms with Crippen molar-refractivity contribution in [1.29, 1.82) is 0 Å².